The first-order valence-corrected chi connectivity index (χ1v) is 9.27. The fourth-order valence-electron chi connectivity index (χ4n) is 2.23. The number of amides is 1. The third-order valence-corrected chi connectivity index (χ3v) is 4.80. The number of halogens is 3. The van der Waals surface area contributed by atoms with Crippen molar-refractivity contribution in [1.29, 1.82) is 0 Å². The molecule has 0 saturated carbocycles. The van der Waals surface area contributed by atoms with Gasteiger partial charge in [-0.25, -0.2) is 0 Å². The fourth-order valence-corrected chi connectivity index (χ4v) is 2.97. The summed E-state index contributed by atoms with van der Waals surface area (Å²) in [5, 5.41) is 18.4. The molecule has 0 aliphatic carbocycles. The van der Waals surface area contributed by atoms with E-state index < -0.39 is 16.7 Å². The smallest absolute Gasteiger partial charge is 0.401 e. The van der Waals surface area contributed by atoms with Gasteiger partial charge >= 0.3 is 5.88 Å². The minimum absolute atomic E-state index is 0.186. The lowest BCUT2D eigenvalue weighted by atomic mass is 10.2. The van der Waals surface area contributed by atoms with Gasteiger partial charge in [-0.15, -0.1) is 0 Å². The highest BCUT2D eigenvalue weighted by molar-refractivity contribution is 9.10. The van der Waals surface area contributed by atoms with E-state index in [0.717, 1.165) is 5.56 Å². The SMILES string of the molecule is O=C(/C=C/c1ccc([N+](=O)[O-])o1)Nc1nn(Cc2ccc(Cl)c(Cl)c2)cc1Br. The van der Waals surface area contributed by atoms with Gasteiger partial charge in [-0.2, -0.15) is 5.10 Å². The Kier molecular flexibility index (Phi) is 6.18. The lowest BCUT2D eigenvalue weighted by Gasteiger charge is -2.03. The maximum atomic E-state index is 12.1. The molecule has 2 heterocycles. The number of benzene rings is 1. The second kappa shape index (κ2) is 8.59. The van der Waals surface area contributed by atoms with Gasteiger partial charge in [-0.05, 0) is 45.8 Å². The van der Waals surface area contributed by atoms with E-state index >= 15 is 0 Å². The zero-order valence-corrected chi connectivity index (χ0v) is 17.0. The Labute approximate surface area is 177 Å². The van der Waals surface area contributed by atoms with Gasteiger partial charge in [-0.3, -0.25) is 19.6 Å². The van der Waals surface area contributed by atoms with E-state index in [0.29, 0.717) is 26.9 Å². The van der Waals surface area contributed by atoms with Gasteiger partial charge in [0.25, 0.3) is 0 Å². The van der Waals surface area contributed by atoms with Crippen LogP contribution in [-0.2, 0) is 11.3 Å². The second-order valence-electron chi connectivity index (χ2n) is 5.53. The van der Waals surface area contributed by atoms with Crippen LogP contribution in [0.3, 0.4) is 0 Å². The summed E-state index contributed by atoms with van der Waals surface area (Å²) in [5.41, 5.74) is 0.890. The molecule has 2 aromatic heterocycles. The average molecular weight is 486 g/mol. The zero-order valence-electron chi connectivity index (χ0n) is 13.9. The normalized spacial score (nSPS) is 11.1. The molecule has 28 heavy (non-hydrogen) atoms. The Morgan fingerprint density at radius 3 is 2.79 bits per heavy atom. The predicted molar refractivity (Wildman–Crippen MR) is 109 cm³/mol. The zero-order chi connectivity index (χ0) is 20.3. The third kappa shape index (κ3) is 5.00. The first-order valence-electron chi connectivity index (χ1n) is 7.72. The maximum Gasteiger partial charge on any atom is 0.433 e. The molecule has 3 aromatic rings. The minimum Gasteiger partial charge on any atom is -0.401 e. The maximum absolute atomic E-state index is 12.1. The predicted octanol–water partition coefficient (Wildman–Crippen LogP) is 5.15. The summed E-state index contributed by atoms with van der Waals surface area (Å²) in [4.78, 5) is 22.0. The first-order chi connectivity index (χ1) is 13.3. The van der Waals surface area contributed by atoms with Gasteiger partial charge < -0.3 is 9.73 Å². The molecule has 8 nitrogen and oxygen atoms in total. The van der Waals surface area contributed by atoms with E-state index in [1.54, 1.807) is 23.0 Å². The summed E-state index contributed by atoms with van der Waals surface area (Å²) in [5.74, 6) is -0.366. The molecule has 0 atom stereocenters. The highest BCUT2D eigenvalue weighted by Gasteiger charge is 2.12. The number of nitrogens with one attached hydrogen (secondary N) is 1. The van der Waals surface area contributed by atoms with Gasteiger partial charge in [0.1, 0.15) is 10.7 Å². The van der Waals surface area contributed by atoms with Gasteiger partial charge in [0.15, 0.2) is 5.82 Å². The molecule has 1 N–H and O–H groups in total. The Balaban J connectivity index is 1.65. The van der Waals surface area contributed by atoms with Crippen molar-refractivity contribution in [2.24, 2.45) is 0 Å². The summed E-state index contributed by atoms with van der Waals surface area (Å²) < 4.78 is 7.15. The number of aromatic nitrogens is 2. The van der Waals surface area contributed by atoms with Crippen molar-refractivity contribution in [1.82, 2.24) is 9.78 Å². The molecule has 1 aromatic carbocycles. The lowest BCUT2D eigenvalue weighted by Crippen LogP contribution is -2.09. The molecule has 0 spiro atoms. The number of anilines is 1. The number of nitro groups is 1. The summed E-state index contributed by atoms with van der Waals surface area (Å²) >= 11 is 15.3. The van der Waals surface area contributed by atoms with E-state index in [2.05, 4.69) is 26.3 Å². The summed E-state index contributed by atoms with van der Waals surface area (Å²) in [6.45, 7) is 0.428. The van der Waals surface area contributed by atoms with Crippen LogP contribution in [-0.4, -0.2) is 20.6 Å². The Hall–Kier alpha value is -2.62. The summed E-state index contributed by atoms with van der Waals surface area (Å²) in [6.07, 6.45) is 4.22. The Bertz CT molecular complexity index is 1080. The van der Waals surface area contributed by atoms with E-state index in [9.17, 15) is 14.9 Å². The molecule has 0 radical (unpaired) electrons. The van der Waals surface area contributed by atoms with Crippen LogP contribution in [0.1, 0.15) is 11.3 Å². The molecule has 0 aliphatic rings. The van der Waals surface area contributed by atoms with Crippen LogP contribution >= 0.6 is 39.1 Å². The number of carbonyl (C=O) groups excluding carboxylic acids is 1. The highest BCUT2D eigenvalue weighted by atomic mass is 79.9. The monoisotopic (exact) mass is 484 g/mol. The van der Waals surface area contributed by atoms with Crippen LogP contribution < -0.4 is 5.32 Å². The molecule has 0 unspecified atom stereocenters. The standard InChI is InChI=1S/C17H11BrCl2N4O4/c18-12-9-23(8-10-1-4-13(19)14(20)7-10)22-17(12)21-15(25)5-2-11-3-6-16(28-11)24(26)27/h1-7,9H,8H2,(H,21,22,25)/b5-2+. The number of nitrogens with zero attached hydrogens (tertiary/aromatic N) is 3. The van der Waals surface area contributed by atoms with Crippen molar-refractivity contribution in [3.63, 3.8) is 0 Å². The van der Waals surface area contributed by atoms with Crippen LogP contribution in [0.15, 0.2) is 51.5 Å². The van der Waals surface area contributed by atoms with Gasteiger partial charge in [0.05, 0.1) is 27.1 Å². The number of carbonyl (C=O) groups is 1. The fraction of sp³-hybridized carbons (Fsp3) is 0.0588. The molecule has 144 valence electrons. The van der Waals surface area contributed by atoms with E-state index in [1.165, 1.54) is 24.3 Å². The number of hydrogen-bond donors (Lipinski definition) is 1. The Morgan fingerprint density at radius 1 is 1.32 bits per heavy atom. The van der Waals surface area contributed by atoms with Crippen LogP contribution in [0.25, 0.3) is 6.08 Å². The number of hydrogen-bond acceptors (Lipinski definition) is 5. The second-order valence-corrected chi connectivity index (χ2v) is 7.20. The van der Waals surface area contributed by atoms with Crippen LogP contribution in [0.4, 0.5) is 11.7 Å². The van der Waals surface area contributed by atoms with Crippen molar-refractivity contribution < 1.29 is 14.1 Å². The summed E-state index contributed by atoms with van der Waals surface area (Å²) in [7, 11) is 0. The molecule has 3 rings (SSSR count). The van der Waals surface area contributed by atoms with E-state index in [-0.39, 0.29) is 5.76 Å². The quantitative estimate of drug-likeness (QED) is 0.295. The van der Waals surface area contributed by atoms with Gasteiger partial charge in [0.2, 0.25) is 5.91 Å². The largest absolute Gasteiger partial charge is 0.433 e. The molecular weight excluding hydrogens is 475 g/mol. The van der Waals surface area contributed by atoms with Crippen LogP contribution in [0, 0.1) is 10.1 Å². The first kappa shape index (κ1) is 20.1. The molecule has 0 fully saturated rings. The van der Waals surface area contributed by atoms with Crippen molar-refractivity contribution in [3.05, 3.63) is 78.6 Å². The number of rotatable bonds is 6. The lowest BCUT2D eigenvalue weighted by molar-refractivity contribution is -0.402. The van der Waals surface area contributed by atoms with E-state index in [1.807, 2.05) is 6.07 Å². The molecule has 0 saturated heterocycles. The molecule has 1 amide bonds. The Morgan fingerprint density at radius 2 is 2.11 bits per heavy atom. The highest BCUT2D eigenvalue weighted by Crippen LogP contribution is 2.25. The van der Waals surface area contributed by atoms with E-state index in [4.69, 9.17) is 27.6 Å². The van der Waals surface area contributed by atoms with Gasteiger partial charge in [-0.1, -0.05) is 29.3 Å². The molecular formula is C17H11BrCl2N4O4. The molecule has 11 heteroatoms. The molecule has 0 aliphatic heterocycles. The van der Waals surface area contributed by atoms with Crippen LogP contribution in [0.5, 0.6) is 0 Å². The minimum atomic E-state index is -0.658. The van der Waals surface area contributed by atoms with Crippen molar-refractivity contribution in [2.45, 2.75) is 6.54 Å². The summed E-state index contributed by atoms with van der Waals surface area (Å²) in [6, 6.07) is 7.86. The average Bonchev–Trinajstić information content (AvgIpc) is 3.24. The topological polar surface area (TPSA) is 103 Å². The van der Waals surface area contributed by atoms with Crippen molar-refractivity contribution >= 4 is 62.8 Å². The van der Waals surface area contributed by atoms with Crippen molar-refractivity contribution in [2.75, 3.05) is 5.32 Å². The number of furan rings is 1. The van der Waals surface area contributed by atoms with Crippen LogP contribution in [0.2, 0.25) is 10.0 Å². The third-order valence-electron chi connectivity index (χ3n) is 3.48. The molecule has 0 bridgehead atoms. The van der Waals surface area contributed by atoms with Gasteiger partial charge in [0, 0.05) is 12.3 Å². The van der Waals surface area contributed by atoms with Crippen molar-refractivity contribution in [3.8, 4) is 0 Å².